The fraction of sp³-hybridized carbons (Fsp3) is 0.429. The molecule has 1 unspecified atom stereocenters. The van der Waals surface area contributed by atoms with Crippen molar-refractivity contribution in [2.24, 2.45) is 4.99 Å². The molecule has 8 nitrogen and oxygen atoms in total. The molecule has 0 amide bonds. The zero-order valence-electron chi connectivity index (χ0n) is 18.1. The summed E-state index contributed by atoms with van der Waals surface area (Å²) in [6.07, 6.45) is 2.46. The van der Waals surface area contributed by atoms with Crippen LogP contribution in [-0.2, 0) is 6.54 Å². The summed E-state index contributed by atoms with van der Waals surface area (Å²) in [4.78, 5) is 10.4. The van der Waals surface area contributed by atoms with E-state index in [1.165, 1.54) is 6.07 Å². The Bertz CT molecular complexity index is 899. The molecular weight excluding hydrogens is 516 g/mol. The summed E-state index contributed by atoms with van der Waals surface area (Å²) in [5, 5.41) is 6.69. The van der Waals surface area contributed by atoms with Gasteiger partial charge in [-0.3, -0.25) is 4.99 Å². The minimum absolute atomic E-state index is 0. The number of hydrogen-bond acceptors (Lipinski definition) is 6. The number of methoxy groups -OCH3 is 3. The van der Waals surface area contributed by atoms with Gasteiger partial charge < -0.3 is 29.7 Å². The zero-order chi connectivity index (χ0) is 21.5. The summed E-state index contributed by atoms with van der Waals surface area (Å²) in [6.45, 7) is 1.86. The van der Waals surface area contributed by atoms with Crippen LogP contribution in [0.5, 0.6) is 17.2 Å². The Morgan fingerprint density at radius 1 is 1.19 bits per heavy atom. The average Bonchev–Trinajstić information content (AvgIpc) is 3.24. The van der Waals surface area contributed by atoms with Crippen molar-refractivity contribution in [2.75, 3.05) is 46.4 Å². The van der Waals surface area contributed by atoms with E-state index in [4.69, 9.17) is 14.2 Å². The van der Waals surface area contributed by atoms with Crippen LogP contribution in [0.2, 0.25) is 0 Å². The van der Waals surface area contributed by atoms with Crippen LogP contribution in [0.1, 0.15) is 12.0 Å². The van der Waals surface area contributed by atoms with E-state index in [0.29, 0.717) is 42.1 Å². The van der Waals surface area contributed by atoms with Gasteiger partial charge >= 0.3 is 0 Å². The number of nitrogens with zero attached hydrogens (tertiary/aromatic N) is 3. The molecule has 2 N–H and O–H groups in total. The van der Waals surface area contributed by atoms with Crippen molar-refractivity contribution < 1.29 is 18.6 Å². The molecule has 1 atom stereocenters. The molecule has 0 aliphatic carbocycles. The number of anilines is 1. The van der Waals surface area contributed by atoms with E-state index in [1.807, 2.05) is 11.0 Å². The number of rotatable bonds is 7. The molecule has 0 saturated carbocycles. The SMILES string of the molecule is CN=C(NCc1cc(OC)c(OC)cc1OC)NC1CCN(c2ncccc2F)C1.I. The molecule has 31 heavy (non-hydrogen) atoms. The van der Waals surface area contributed by atoms with Crippen molar-refractivity contribution in [1.82, 2.24) is 15.6 Å². The Balaban J connectivity index is 0.00000341. The largest absolute Gasteiger partial charge is 0.496 e. The van der Waals surface area contributed by atoms with E-state index >= 15 is 0 Å². The summed E-state index contributed by atoms with van der Waals surface area (Å²) in [6, 6.07) is 6.82. The fourth-order valence-electron chi connectivity index (χ4n) is 3.48. The first-order valence-corrected chi connectivity index (χ1v) is 9.71. The van der Waals surface area contributed by atoms with Crippen LogP contribution in [-0.4, -0.2) is 58.5 Å². The highest BCUT2D eigenvalue weighted by molar-refractivity contribution is 14.0. The lowest BCUT2D eigenvalue weighted by Gasteiger charge is -2.20. The van der Waals surface area contributed by atoms with Crippen LogP contribution in [0.3, 0.4) is 0 Å². The lowest BCUT2D eigenvalue weighted by molar-refractivity contribution is 0.347. The van der Waals surface area contributed by atoms with Gasteiger partial charge in [-0.2, -0.15) is 0 Å². The smallest absolute Gasteiger partial charge is 0.191 e. The number of aromatic nitrogens is 1. The van der Waals surface area contributed by atoms with Crippen LogP contribution in [0.25, 0.3) is 0 Å². The fourth-order valence-corrected chi connectivity index (χ4v) is 3.48. The molecule has 1 aliphatic heterocycles. The predicted octanol–water partition coefficient (Wildman–Crippen LogP) is 2.81. The number of nitrogens with one attached hydrogen (secondary N) is 2. The number of pyridine rings is 1. The van der Waals surface area contributed by atoms with Crippen molar-refractivity contribution in [3.8, 4) is 17.2 Å². The first-order valence-electron chi connectivity index (χ1n) is 9.71. The maximum Gasteiger partial charge on any atom is 0.191 e. The third-order valence-electron chi connectivity index (χ3n) is 5.02. The molecule has 10 heteroatoms. The van der Waals surface area contributed by atoms with Gasteiger partial charge in [-0.15, -0.1) is 24.0 Å². The van der Waals surface area contributed by atoms with Crippen molar-refractivity contribution in [3.05, 3.63) is 41.8 Å². The number of aliphatic imine (C=N–C) groups is 1. The normalized spacial score (nSPS) is 15.8. The van der Waals surface area contributed by atoms with Crippen molar-refractivity contribution in [3.63, 3.8) is 0 Å². The summed E-state index contributed by atoms with van der Waals surface area (Å²) in [5.74, 6) is 2.66. The average molecular weight is 545 g/mol. The molecule has 1 aliphatic rings. The molecule has 0 radical (unpaired) electrons. The maximum absolute atomic E-state index is 14.0. The van der Waals surface area contributed by atoms with Crippen LogP contribution < -0.4 is 29.7 Å². The van der Waals surface area contributed by atoms with E-state index in [1.54, 1.807) is 46.7 Å². The first kappa shape index (κ1) is 24.8. The summed E-state index contributed by atoms with van der Waals surface area (Å²) < 4.78 is 30.2. The molecule has 1 aromatic carbocycles. The van der Waals surface area contributed by atoms with E-state index < -0.39 is 0 Å². The Labute approximate surface area is 199 Å². The van der Waals surface area contributed by atoms with E-state index in [2.05, 4.69) is 20.6 Å². The highest BCUT2D eigenvalue weighted by Crippen LogP contribution is 2.34. The molecule has 1 fully saturated rings. The molecule has 1 saturated heterocycles. The van der Waals surface area contributed by atoms with Gasteiger partial charge in [-0.25, -0.2) is 9.37 Å². The minimum Gasteiger partial charge on any atom is -0.496 e. The molecule has 1 aromatic heterocycles. The van der Waals surface area contributed by atoms with Crippen molar-refractivity contribution in [1.29, 1.82) is 0 Å². The second kappa shape index (κ2) is 11.8. The van der Waals surface area contributed by atoms with Gasteiger partial charge in [0.05, 0.1) is 21.3 Å². The standard InChI is InChI=1S/C21H28FN5O3.HI/c1-23-21(25-12-14-10-18(29-3)19(30-4)11-17(14)28-2)26-15-7-9-27(13-15)20-16(22)6-5-8-24-20;/h5-6,8,10-11,15H,7,9,12-13H2,1-4H3,(H2,23,25,26);1H. The summed E-state index contributed by atoms with van der Waals surface area (Å²) >= 11 is 0. The van der Waals surface area contributed by atoms with Gasteiger partial charge in [0.2, 0.25) is 0 Å². The Morgan fingerprint density at radius 3 is 2.55 bits per heavy atom. The predicted molar refractivity (Wildman–Crippen MR) is 130 cm³/mol. The second-order valence-corrected chi connectivity index (χ2v) is 6.83. The van der Waals surface area contributed by atoms with Crippen molar-refractivity contribution >= 4 is 35.8 Å². The van der Waals surface area contributed by atoms with Crippen LogP contribution in [0.15, 0.2) is 35.5 Å². The third-order valence-corrected chi connectivity index (χ3v) is 5.02. The Hall–Kier alpha value is -2.50. The number of benzene rings is 1. The number of ether oxygens (including phenoxy) is 3. The molecule has 0 bridgehead atoms. The monoisotopic (exact) mass is 545 g/mol. The van der Waals surface area contributed by atoms with Gasteiger partial charge in [-0.1, -0.05) is 0 Å². The van der Waals surface area contributed by atoms with Gasteiger partial charge in [0.15, 0.2) is 29.1 Å². The van der Waals surface area contributed by atoms with E-state index in [0.717, 1.165) is 18.5 Å². The van der Waals surface area contributed by atoms with Gasteiger partial charge in [0.25, 0.3) is 0 Å². The van der Waals surface area contributed by atoms with E-state index in [9.17, 15) is 4.39 Å². The molecule has 3 rings (SSSR count). The second-order valence-electron chi connectivity index (χ2n) is 6.83. The maximum atomic E-state index is 14.0. The molecule has 2 aromatic rings. The number of hydrogen-bond donors (Lipinski definition) is 2. The first-order chi connectivity index (χ1) is 14.6. The van der Waals surface area contributed by atoms with E-state index in [-0.39, 0.29) is 35.8 Å². The number of halogens is 2. The molecular formula is C21H29FIN5O3. The molecule has 2 heterocycles. The highest BCUT2D eigenvalue weighted by atomic mass is 127. The minimum atomic E-state index is -0.304. The van der Waals surface area contributed by atoms with Crippen molar-refractivity contribution in [2.45, 2.75) is 19.0 Å². The quantitative estimate of drug-likeness (QED) is 0.315. The Kier molecular flexibility index (Phi) is 9.41. The molecule has 170 valence electrons. The number of guanidine groups is 1. The molecule has 0 spiro atoms. The summed E-state index contributed by atoms with van der Waals surface area (Å²) in [7, 11) is 6.51. The van der Waals surface area contributed by atoms with Gasteiger partial charge in [0, 0.05) is 50.6 Å². The third kappa shape index (κ3) is 6.02. The summed E-state index contributed by atoms with van der Waals surface area (Å²) in [5.41, 5.74) is 0.904. The highest BCUT2D eigenvalue weighted by Gasteiger charge is 2.26. The topological polar surface area (TPSA) is 80.2 Å². The Morgan fingerprint density at radius 2 is 1.90 bits per heavy atom. The van der Waals surface area contributed by atoms with Crippen LogP contribution >= 0.6 is 24.0 Å². The van der Waals surface area contributed by atoms with Crippen LogP contribution in [0.4, 0.5) is 10.2 Å². The zero-order valence-corrected chi connectivity index (χ0v) is 20.5. The lowest BCUT2D eigenvalue weighted by Crippen LogP contribution is -2.44. The van der Waals surface area contributed by atoms with Gasteiger partial charge in [-0.05, 0) is 24.6 Å². The lowest BCUT2D eigenvalue weighted by atomic mass is 10.1. The van der Waals surface area contributed by atoms with Gasteiger partial charge in [0.1, 0.15) is 5.75 Å². The van der Waals surface area contributed by atoms with Crippen LogP contribution in [0, 0.1) is 5.82 Å².